The number of carbonyl (C=O) groups excluding carboxylic acids is 1. The van der Waals surface area contributed by atoms with Gasteiger partial charge in [-0.3, -0.25) is 9.48 Å². The van der Waals surface area contributed by atoms with E-state index in [1.54, 1.807) is 14.0 Å². The summed E-state index contributed by atoms with van der Waals surface area (Å²) in [6.07, 6.45) is -3.29. The van der Waals surface area contributed by atoms with Crippen molar-refractivity contribution in [2.75, 3.05) is 18.4 Å². The standard InChI is InChI=1S/C22H20F6N6O/c1-10-18-12(19(32(2)31-18)11-7-14(23)17(25)15(24)8-11)4-6-33(10)21(35)13-9-30-34-16(22(26,27)28)3-5-29-20(13)34/h7-10,16,29H,3-6H2,1-2H3. The Morgan fingerprint density at radius 3 is 2.51 bits per heavy atom. The Kier molecular flexibility index (Phi) is 5.33. The lowest BCUT2D eigenvalue weighted by molar-refractivity contribution is -0.171. The van der Waals surface area contributed by atoms with Crippen molar-refractivity contribution in [1.82, 2.24) is 24.5 Å². The minimum atomic E-state index is -4.50. The Bertz CT molecular complexity index is 1310. The molecular formula is C22H20F6N6O. The molecule has 7 nitrogen and oxygen atoms in total. The normalized spacial score (nSPS) is 19.8. The Hall–Kier alpha value is -3.51. The molecule has 1 N–H and O–H groups in total. The van der Waals surface area contributed by atoms with Crippen molar-refractivity contribution in [2.24, 2.45) is 7.05 Å². The molecule has 1 amide bonds. The molecular weight excluding hydrogens is 478 g/mol. The van der Waals surface area contributed by atoms with Crippen molar-refractivity contribution >= 4 is 11.7 Å². The zero-order valence-corrected chi connectivity index (χ0v) is 18.6. The van der Waals surface area contributed by atoms with Crippen LogP contribution in [0, 0.1) is 17.5 Å². The fourth-order valence-electron chi connectivity index (χ4n) is 4.91. The summed E-state index contributed by atoms with van der Waals surface area (Å²) in [5.41, 5.74) is 1.66. The highest BCUT2D eigenvalue weighted by Crippen LogP contribution is 2.40. The van der Waals surface area contributed by atoms with Gasteiger partial charge < -0.3 is 10.2 Å². The summed E-state index contributed by atoms with van der Waals surface area (Å²) in [4.78, 5) is 14.8. The van der Waals surface area contributed by atoms with Crippen molar-refractivity contribution in [3.63, 3.8) is 0 Å². The second-order valence-corrected chi connectivity index (χ2v) is 8.64. The SMILES string of the molecule is CC1c2nn(C)c(-c3cc(F)c(F)c(F)c3)c2CCN1C(=O)c1cnn2c1NCCC2C(F)(F)F. The van der Waals surface area contributed by atoms with E-state index in [4.69, 9.17) is 0 Å². The third kappa shape index (κ3) is 3.64. The van der Waals surface area contributed by atoms with Gasteiger partial charge in [-0.2, -0.15) is 23.4 Å². The number of halogens is 6. The lowest BCUT2D eigenvalue weighted by atomic mass is 9.95. The fourth-order valence-corrected chi connectivity index (χ4v) is 4.91. The summed E-state index contributed by atoms with van der Waals surface area (Å²) in [5, 5.41) is 11.1. The molecule has 0 fully saturated rings. The van der Waals surface area contributed by atoms with Gasteiger partial charge in [0.1, 0.15) is 11.4 Å². The van der Waals surface area contributed by atoms with Crippen molar-refractivity contribution < 1.29 is 31.1 Å². The van der Waals surface area contributed by atoms with Crippen LogP contribution in [0.25, 0.3) is 11.3 Å². The zero-order valence-electron chi connectivity index (χ0n) is 18.6. The summed E-state index contributed by atoms with van der Waals surface area (Å²) >= 11 is 0. The molecule has 0 aliphatic carbocycles. The van der Waals surface area contributed by atoms with Crippen molar-refractivity contribution in [3.8, 4) is 11.3 Å². The highest BCUT2D eigenvalue weighted by molar-refractivity contribution is 5.99. The van der Waals surface area contributed by atoms with Crippen LogP contribution in [0.4, 0.5) is 32.2 Å². The first-order valence-corrected chi connectivity index (χ1v) is 10.9. The van der Waals surface area contributed by atoms with Crippen LogP contribution in [0.1, 0.15) is 47.0 Å². The number of hydrogen-bond donors (Lipinski definition) is 1. The number of carbonyl (C=O) groups is 1. The number of fused-ring (bicyclic) bond motifs is 2. The van der Waals surface area contributed by atoms with Crippen LogP contribution in [0.15, 0.2) is 18.3 Å². The number of alkyl halides is 3. The molecule has 0 spiro atoms. The average Bonchev–Trinajstić information content (AvgIpc) is 3.37. The third-order valence-electron chi connectivity index (χ3n) is 6.57. The molecule has 35 heavy (non-hydrogen) atoms. The molecule has 0 saturated carbocycles. The van der Waals surface area contributed by atoms with Gasteiger partial charge in [-0.05, 0) is 31.9 Å². The lowest BCUT2D eigenvalue weighted by Crippen LogP contribution is -2.39. The second-order valence-electron chi connectivity index (χ2n) is 8.64. The van der Waals surface area contributed by atoms with E-state index in [-0.39, 0.29) is 42.9 Å². The van der Waals surface area contributed by atoms with Crippen molar-refractivity contribution in [3.05, 3.63) is 52.6 Å². The van der Waals surface area contributed by atoms with Crippen LogP contribution in [0.3, 0.4) is 0 Å². The van der Waals surface area contributed by atoms with E-state index in [1.807, 2.05) is 0 Å². The zero-order chi connectivity index (χ0) is 25.2. The molecule has 4 heterocycles. The van der Waals surface area contributed by atoms with Crippen molar-refractivity contribution in [1.29, 1.82) is 0 Å². The Labute approximate surface area is 195 Å². The minimum Gasteiger partial charge on any atom is -0.370 e. The molecule has 2 aliphatic heterocycles. The van der Waals surface area contributed by atoms with E-state index in [0.29, 0.717) is 17.0 Å². The van der Waals surface area contributed by atoms with Crippen LogP contribution in [0.5, 0.6) is 0 Å². The minimum absolute atomic E-state index is 0.0144. The lowest BCUT2D eigenvalue weighted by Gasteiger charge is -2.33. The first kappa shape index (κ1) is 23.2. The van der Waals surface area contributed by atoms with Gasteiger partial charge in [-0.1, -0.05) is 0 Å². The van der Waals surface area contributed by atoms with Gasteiger partial charge in [0.15, 0.2) is 23.5 Å². The van der Waals surface area contributed by atoms with Gasteiger partial charge in [-0.15, -0.1) is 0 Å². The molecule has 1 aromatic carbocycles. The topological polar surface area (TPSA) is 68.0 Å². The Morgan fingerprint density at radius 1 is 1.17 bits per heavy atom. The van der Waals surface area contributed by atoms with Crippen LogP contribution in [-0.2, 0) is 13.5 Å². The molecule has 3 aromatic rings. The molecule has 5 rings (SSSR count). The van der Waals surface area contributed by atoms with E-state index >= 15 is 0 Å². The molecule has 186 valence electrons. The number of amides is 1. The van der Waals surface area contributed by atoms with Gasteiger partial charge in [0, 0.05) is 31.3 Å². The number of hydrogen-bond acceptors (Lipinski definition) is 4. The predicted octanol–water partition coefficient (Wildman–Crippen LogP) is 4.38. The highest BCUT2D eigenvalue weighted by Gasteiger charge is 2.45. The highest BCUT2D eigenvalue weighted by atomic mass is 19.4. The summed E-state index contributed by atoms with van der Waals surface area (Å²) in [7, 11) is 1.57. The first-order chi connectivity index (χ1) is 16.5. The Balaban J connectivity index is 1.48. The molecule has 2 atom stereocenters. The smallest absolute Gasteiger partial charge is 0.370 e. The van der Waals surface area contributed by atoms with E-state index in [1.165, 1.54) is 9.58 Å². The molecule has 13 heteroatoms. The van der Waals surface area contributed by atoms with E-state index < -0.39 is 41.6 Å². The van der Waals surface area contributed by atoms with Crippen LogP contribution in [-0.4, -0.2) is 49.6 Å². The predicted molar refractivity (Wildman–Crippen MR) is 112 cm³/mol. The largest absolute Gasteiger partial charge is 0.410 e. The van der Waals surface area contributed by atoms with E-state index in [0.717, 1.165) is 23.0 Å². The molecule has 2 aliphatic rings. The second kappa shape index (κ2) is 8.02. The number of nitrogens with one attached hydrogen (secondary N) is 1. The first-order valence-electron chi connectivity index (χ1n) is 10.9. The van der Waals surface area contributed by atoms with E-state index in [9.17, 15) is 31.1 Å². The molecule has 2 unspecified atom stereocenters. The van der Waals surface area contributed by atoms with Gasteiger partial charge >= 0.3 is 6.18 Å². The molecule has 0 bridgehead atoms. The monoisotopic (exact) mass is 498 g/mol. The van der Waals surface area contributed by atoms with E-state index in [2.05, 4.69) is 15.5 Å². The number of anilines is 1. The van der Waals surface area contributed by atoms with Crippen LogP contribution in [0.2, 0.25) is 0 Å². The summed E-state index contributed by atoms with van der Waals surface area (Å²) in [6.45, 7) is 1.94. The maximum atomic E-state index is 13.9. The number of nitrogens with zero attached hydrogens (tertiary/aromatic N) is 5. The maximum absolute atomic E-state index is 13.9. The number of aryl methyl sites for hydroxylation is 1. The van der Waals surface area contributed by atoms with Gasteiger partial charge in [0.25, 0.3) is 5.91 Å². The van der Waals surface area contributed by atoms with Crippen LogP contribution >= 0.6 is 0 Å². The molecule has 0 radical (unpaired) electrons. The van der Waals surface area contributed by atoms with Gasteiger partial charge in [0.05, 0.1) is 23.6 Å². The fraction of sp³-hybridized carbons (Fsp3) is 0.409. The van der Waals surface area contributed by atoms with Gasteiger partial charge in [0.2, 0.25) is 0 Å². The van der Waals surface area contributed by atoms with Crippen LogP contribution < -0.4 is 5.32 Å². The average molecular weight is 498 g/mol. The Morgan fingerprint density at radius 2 is 1.86 bits per heavy atom. The summed E-state index contributed by atoms with van der Waals surface area (Å²) < 4.78 is 83.6. The number of aromatic nitrogens is 4. The third-order valence-corrected chi connectivity index (χ3v) is 6.57. The quantitative estimate of drug-likeness (QED) is 0.421. The summed E-state index contributed by atoms with van der Waals surface area (Å²) in [6, 6.07) is -0.626. The van der Waals surface area contributed by atoms with Gasteiger partial charge in [-0.25, -0.2) is 17.9 Å². The number of rotatable bonds is 2. The summed E-state index contributed by atoms with van der Waals surface area (Å²) in [5.74, 6) is -4.72. The molecule has 0 saturated heterocycles. The maximum Gasteiger partial charge on any atom is 0.410 e. The van der Waals surface area contributed by atoms with Crippen molar-refractivity contribution in [2.45, 2.75) is 38.0 Å². The molecule has 2 aromatic heterocycles. The number of benzene rings is 1.